The third kappa shape index (κ3) is 3.26. The predicted molar refractivity (Wildman–Crippen MR) is 75.0 cm³/mol. The molecular weight excluding hydrogens is 294 g/mol. The van der Waals surface area contributed by atoms with Crippen LogP contribution in [0, 0.1) is 0 Å². The first-order chi connectivity index (χ1) is 10.4. The number of nitrogens with one attached hydrogen (secondary N) is 1. The van der Waals surface area contributed by atoms with Gasteiger partial charge in [-0.3, -0.25) is 0 Å². The van der Waals surface area contributed by atoms with Crippen LogP contribution in [0.15, 0.2) is 6.20 Å². The Balaban J connectivity index is 1.71. The summed E-state index contributed by atoms with van der Waals surface area (Å²) in [5, 5.41) is 12.0. The summed E-state index contributed by atoms with van der Waals surface area (Å²) < 4.78 is 26.8. The average molecular weight is 312 g/mol. The van der Waals surface area contributed by atoms with Crippen molar-refractivity contribution in [3.63, 3.8) is 0 Å². The van der Waals surface area contributed by atoms with E-state index in [9.17, 15) is 13.6 Å². The van der Waals surface area contributed by atoms with Crippen LogP contribution in [0.2, 0.25) is 0 Å². The zero-order valence-electron chi connectivity index (χ0n) is 12.1. The fourth-order valence-corrected chi connectivity index (χ4v) is 3.01. The highest BCUT2D eigenvalue weighted by Crippen LogP contribution is 2.34. The molecule has 6 nitrogen and oxygen atoms in total. The van der Waals surface area contributed by atoms with Crippen LogP contribution in [0.25, 0.3) is 0 Å². The van der Waals surface area contributed by atoms with Crippen molar-refractivity contribution in [2.24, 2.45) is 0 Å². The second-order valence-corrected chi connectivity index (χ2v) is 5.91. The van der Waals surface area contributed by atoms with Crippen molar-refractivity contribution in [1.29, 1.82) is 0 Å². The Hall–Kier alpha value is -1.99. The fraction of sp³-hybridized carbons (Fsp3) is 0.643. The molecule has 0 spiro atoms. The molecule has 1 amide bonds. The van der Waals surface area contributed by atoms with Gasteiger partial charge in [-0.15, -0.1) is 0 Å². The fourth-order valence-electron chi connectivity index (χ4n) is 3.01. The number of halogens is 2. The van der Waals surface area contributed by atoms with Crippen molar-refractivity contribution in [3.05, 3.63) is 17.5 Å². The molecule has 1 aromatic rings. The van der Waals surface area contributed by atoms with Gasteiger partial charge in [0.25, 0.3) is 0 Å². The zero-order valence-corrected chi connectivity index (χ0v) is 12.1. The first-order valence-corrected chi connectivity index (χ1v) is 7.40. The van der Waals surface area contributed by atoms with E-state index in [-0.39, 0.29) is 25.4 Å². The lowest BCUT2D eigenvalue weighted by Crippen LogP contribution is -2.36. The number of carboxylic acid groups (broad SMARTS) is 1. The highest BCUT2D eigenvalue weighted by Gasteiger charge is 2.36. The number of aromatic nitrogens is 2. The Bertz CT molecular complexity index is 582. The van der Waals surface area contributed by atoms with Gasteiger partial charge in [0.2, 0.25) is 11.9 Å². The van der Waals surface area contributed by atoms with Gasteiger partial charge in [0, 0.05) is 31.6 Å². The molecule has 2 N–H and O–H groups in total. The minimum atomic E-state index is -2.63. The van der Waals surface area contributed by atoms with Gasteiger partial charge < -0.3 is 15.3 Å². The van der Waals surface area contributed by atoms with Gasteiger partial charge in [-0.25, -0.2) is 23.5 Å². The second-order valence-electron chi connectivity index (χ2n) is 5.91. The van der Waals surface area contributed by atoms with Gasteiger partial charge in [-0.1, -0.05) is 0 Å². The molecule has 1 aromatic heterocycles. The molecule has 0 bridgehead atoms. The van der Waals surface area contributed by atoms with Crippen LogP contribution in [0.4, 0.5) is 19.5 Å². The number of alkyl halides is 2. The van der Waals surface area contributed by atoms with Crippen LogP contribution in [0.1, 0.15) is 36.9 Å². The molecule has 1 aliphatic carbocycles. The number of carbonyl (C=O) groups is 1. The summed E-state index contributed by atoms with van der Waals surface area (Å²) in [6.45, 7) is 0.635. The summed E-state index contributed by atoms with van der Waals surface area (Å²) in [7, 11) is 0. The van der Waals surface area contributed by atoms with E-state index in [2.05, 4.69) is 15.3 Å². The second kappa shape index (κ2) is 5.66. The monoisotopic (exact) mass is 312 g/mol. The maximum atomic E-state index is 13.4. The van der Waals surface area contributed by atoms with Gasteiger partial charge in [-0.2, -0.15) is 0 Å². The summed E-state index contributed by atoms with van der Waals surface area (Å²) >= 11 is 0. The molecule has 120 valence electrons. The summed E-state index contributed by atoms with van der Waals surface area (Å²) in [4.78, 5) is 20.8. The Morgan fingerprint density at radius 1 is 1.50 bits per heavy atom. The van der Waals surface area contributed by atoms with Crippen LogP contribution in [-0.2, 0) is 13.0 Å². The molecule has 0 radical (unpaired) electrons. The van der Waals surface area contributed by atoms with E-state index in [0.717, 1.165) is 5.56 Å². The topological polar surface area (TPSA) is 78.3 Å². The molecule has 1 aliphatic heterocycles. The van der Waals surface area contributed by atoms with E-state index >= 15 is 0 Å². The molecule has 1 saturated carbocycles. The first-order valence-electron chi connectivity index (χ1n) is 7.40. The number of amides is 1. The van der Waals surface area contributed by atoms with Crippen molar-refractivity contribution in [2.75, 3.05) is 11.9 Å². The quantitative estimate of drug-likeness (QED) is 0.877. The van der Waals surface area contributed by atoms with Crippen LogP contribution in [0.5, 0.6) is 0 Å². The van der Waals surface area contributed by atoms with E-state index in [1.165, 1.54) is 4.90 Å². The third-order valence-corrected chi connectivity index (χ3v) is 4.19. The molecule has 22 heavy (non-hydrogen) atoms. The van der Waals surface area contributed by atoms with E-state index < -0.39 is 12.0 Å². The predicted octanol–water partition coefficient (Wildman–Crippen LogP) is 2.50. The maximum Gasteiger partial charge on any atom is 0.407 e. The highest BCUT2D eigenvalue weighted by atomic mass is 19.3. The molecule has 1 atom stereocenters. The van der Waals surface area contributed by atoms with Crippen molar-refractivity contribution < 1.29 is 18.7 Å². The van der Waals surface area contributed by atoms with E-state index in [4.69, 9.17) is 5.11 Å². The van der Waals surface area contributed by atoms with E-state index in [1.54, 1.807) is 6.20 Å². The number of rotatable bonds is 2. The Morgan fingerprint density at radius 2 is 2.32 bits per heavy atom. The molecule has 8 heteroatoms. The van der Waals surface area contributed by atoms with Crippen LogP contribution in [-0.4, -0.2) is 44.6 Å². The molecule has 1 unspecified atom stereocenters. The lowest BCUT2D eigenvalue weighted by atomic mass is 9.92. The summed E-state index contributed by atoms with van der Waals surface area (Å²) in [6, 6.07) is -0.346. The minimum Gasteiger partial charge on any atom is -0.465 e. The van der Waals surface area contributed by atoms with Crippen molar-refractivity contribution in [3.8, 4) is 0 Å². The maximum absolute atomic E-state index is 13.4. The standard InChI is InChI=1S/C14H18F2N4O2/c15-14(16)4-1-2-10(6-14)18-12-17-7-9-3-5-20(13(21)22)8-11(9)19-12/h7,10H,1-6,8H2,(H,21,22)(H,17,18,19). The Labute approximate surface area is 126 Å². The van der Waals surface area contributed by atoms with Gasteiger partial charge in [0.15, 0.2) is 0 Å². The van der Waals surface area contributed by atoms with Crippen LogP contribution >= 0.6 is 0 Å². The lowest BCUT2D eigenvalue weighted by Gasteiger charge is -2.30. The molecule has 1 fully saturated rings. The number of fused-ring (bicyclic) bond motifs is 1. The van der Waals surface area contributed by atoms with Gasteiger partial charge in [0.1, 0.15) is 0 Å². The summed E-state index contributed by atoms with van der Waals surface area (Å²) in [5.41, 5.74) is 1.56. The summed E-state index contributed by atoms with van der Waals surface area (Å²) in [5.74, 6) is -2.33. The molecule has 2 aliphatic rings. The molecule has 0 saturated heterocycles. The normalized spacial score (nSPS) is 23.7. The van der Waals surface area contributed by atoms with E-state index in [1.807, 2.05) is 0 Å². The van der Waals surface area contributed by atoms with Crippen LogP contribution in [0.3, 0.4) is 0 Å². The van der Waals surface area contributed by atoms with Gasteiger partial charge in [-0.05, 0) is 24.8 Å². The Morgan fingerprint density at radius 3 is 3.05 bits per heavy atom. The molecule has 0 aromatic carbocycles. The average Bonchev–Trinajstić information content (AvgIpc) is 2.45. The smallest absolute Gasteiger partial charge is 0.407 e. The van der Waals surface area contributed by atoms with E-state index in [0.29, 0.717) is 37.4 Å². The van der Waals surface area contributed by atoms with Gasteiger partial charge in [0.05, 0.1) is 12.2 Å². The number of anilines is 1. The Kier molecular flexibility index (Phi) is 3.84. The van der Waals surface area contributed by atoms with Crippen molar-refractivity contribution in [1.82, 2.24) is 14.9 Å². The van der Waals surface area contributed by atoms with Crippen LogP contribution < -0.4 is 5.32 Å². The molecule has 2 heterocycles. The first kappa shape index (κ1) is 14.9. The molecular formula is C14H18F2N4O2. The van der Waals surface area contributed by atoms with Gasteiger partial charge >= 0.3 is 6.09 Å². The number of hydrogen-bond acceptors (Lipinski definition) is 4. The summed E-state index contributed by atoms with van der Waals surface area (Å²) in [6.07, 6.45) is 2.11. The molecule has 3 rings (SSSR count). The highest BCUT2D eigenvalue weighted by molar-refractivity contribution is 5.65. The van der Waals surface area contributed by atoms with Crippen molar-refractivity contribution in [2.45, 2.75) is 50.6 Å². The largest absolute Gasteiger partial charge is 0.465 e. The third-order valence-electron chi connectivity index (χ3n) is 4.19. The minimum absolute atomic E-state index is 0.0657. The SMILES string of the molecule is O=C(O)N1CCc2cnc(NC3CCCC(F)(F)C3)nc2C1. The zero-order chi connectivity index (χ0) is 15.7. The van der Waals surface area contributed by atoms with Crippen molar-refractivity contribution >= 4 is 12.0 Å². The number of hydrogen-bond donors (Lipinski definition) is 2. The lowest BCUT2D eigenvalue weighted by molar-refractivity contribution is -0.0374. The number of nitrogens with zero attached hydrogens (tertiary/aromatic N) is 3.